The van der Waals surface area contributed by atoms with E-state index in [9.17, 15) is 9.18 Å². The van der Waals surface area contributed by atoms with E-state index in [0.717, 1.165) is 11.6 Å². The van der Waals surface area contributed by atoms with Crippen molar-refractivity contribution >= 4 is 35.3 Å². The number of nitrogens with one attached hydrogen (secondary N) is 1. The minimum atomic E-state index is -0.801. The third-order valence-corrected chi connectivity index (χ3v) is 4.62. The Morgan fingerprint density at radius 2 is 1.97 bits per heavy atom. The highest BCUT2D eigenvalue weighted by atomic mass is 35.5. The molecule has 0 bridgehead atoms. The molecular formula is C22H14Cl2FN3O2. The SMILES string of the molecule is N#Cc1ccc(C(=O)N/N=C\c2ccccc2OCc2ccc(Cl)cc2Cl)c(F)c1. The monoisotopic (exact) mass is 441 g/mol. The van der Waals surface area contributed by atoms with Crippen LogP contribution in [0, 0.1) is 17.1 Å². The third kappa shape index (κ3) is 5.35. The molecule has 0 saturated heterocycles. The van der Waals surface area contributed by atoms with Crippen LogP contribution in [0.15, 0.2) is 65.8 Å². The lowest BCUT2D eigenvalue weighted by Crippen LogP contribution is -2.19. The molecule has 0 unspecified atom stereocenters. The molecule has 0 spiro atoms. The van der Waals surface area contributed by atoms with E-state index >= 15 is 0 Å². The largest absolute Gasteiger partial charge is 0.488 e. The first-order valence-electron chi connectivity index (χ1n) is 8.66. The Kier molecular flexibility index (Phi) is 7.02. The van der Waals surface area contributed by atoms with E-state index in [4.69, 9.17) is 33.2 Å². The van der Waals surface area contributed by atoms with Gasteiger partial charge < -0.3 is 4.74 Å². The summed E-state index contributed by atoms with van der Waals surface area (Å²) in [4.78, 5) is 12.1. The molecular weight excluding hydrogens is 428 g/mol. The Morgan fingerprint density at radius 3 is 2.70 bits per heavy atom. The van der Waals surface area contributed by atoms with Crippen LogP contribution in [0.2, 0.25) is 10.0 Å². The second-order valence-corrected chi connectivity index (χ2v) is 6.91. The highest BCUT2D eigenvalue weighted by molar-refractivity contribution is 6.35. The second-order valence-electron chi connectivity index (χ2n) is 6.07. The fourth-order valence-corrected chi connectivity index (χ4v) is 2.97. The molecule has 0 radical (unpaired) electrons. The average molecular weight is 442 g/mol. The van der Waals surface area contributed by atoms with Crippen molar-refractivity contribution < 1.29 is 13.9 Å². The number of carbonyl (C=O) groups excluding carboxylic acids is 1. The van der Waals surface area contributed by atoms with Gasteiger partial charge >= 0.3 is 0 Å². The van der Waals surface area contributed by atoms with Crippen molar-refractivity contribution in [1.29, 1.82) is 5.26 Å². The van der Waals surface area contributed by atoms with Crippen molar-refractivity contribution in [2.75, 3.05) is 0 Å². The van der Waals surface area contributed by atoms with Crippen molar-refractivity contribution in [2.45, 2.75) is 6.61 Å². The molecule has 0 saturated carbocycles. The summed E-state index contributed by atoms with van der Waals surface area (Å²) in [5, 5.41) is 13.7. The highest BCUT2D eigenvalue weighted by Gasteiger charge is 2.11. The summed E-state index contributed by atoms with van der Waals surface area (Å²) >= 11 is 12.1. The number of para-hydroxylation sites is 1. The van der Waals surface area contributed by atoms with Crippen molar-refractivity contribution in [1.82, 2.24) is 5.43 Å². The molecule has 3 aromatic carbocycles. The van der Waals surface area contributed by atoms with Crippen molar-refractivity contribution in [2.24, 2.45) is 5.10 Å². The Morgan fingerprint density at radius 1 is 1.17 bits per heavy atom. The van der Waals surface area contributed by atoms with Crippen molar-refractivity contribution in [3.05, 3.63) is 98.8 Å². The first-order chi connectivity index (χ1) is 14.5. The fourth-order valence-electron chi connectivity index (χ4n) is 2.50. The molecule has 1 N–H and O–H groups in total. The summed E-state index contributed by atoms with van der Waals surface area (Å²) < 4.78 is 19.7. The van der Waals surface area contributed by atoms with Crippen LogP contribution in [-0.4, -0.2) is 12.1 Å². The topological polar surface area (TPSA) is 74.5 Å². The number of hydrazone groups is 1. The van der Waals surface area contributed by atoms with Gasteiger partial charge in [0, 0.05) is 21.2 Å². The predicted molar refractivity (Wildman–Crippen MR) is 113 cm³/mol. The van der Waals surface area contributed by atoms with E-state index in [1.807, 2.05) is 0 Å². The van der Waals surface area contributed by atoms with Gasteiger partial charge in [0.1, 0.15) is 18.2 Å². The maximum Gasteiger partial charge on any atom is 0.274 e. The zero-order valence-electron chi connectivity index (χ0n) is 15.4. The summed E-state index contributed by atoms with van der Waals surface area (Å²) in [6.45, 7) is 0.212. The number of nitriles is 1. The Balaban J connectivity index is 1.67. The van der Waals surface area contributed by atoms with Gasteiger partial charge in [0.15, 0.2) is 0 Å². The quantitative estimate of drug-likeness (QED) is 0.413. The molecule has 0 aliphatic rings. The van der Waals surface area contributed by atoms with Crippen LogP contribution in [0.4, 0.5) is 4.39 Å². The summed E-state index contributed by atoms with van der Waals surface area (Å²) in [7, 11) is 0. The average Bonchev–Trinajstić information content (AvgIpc) is 2.73. The molecule has 30 heavy (non-hydrogen) atoms. The Bertz CT molecular complexity index is 1160. The summed E-state index contributed by atoms with van der Waals surface area (Å²) in [5.41, 5.74) is 3.53. The van der Waals surface area contributed by atoms with E-state index in [1.165, 1.54) is 18.3 Å². The standard InChI is InChI=1S/C22H14Cl2FN3O2/c23-17-7-6-16(19(24)10-17)13-30-21-4-2-1-3-15(21)12-27-28-22(29)18-8-5-14(11-26)9-20(18)25/h1-10,12H,13H2,(H,28,29)/b27-12-. The highest BCUT2D eigenvalue weighted by Crippen LogP contribution is 2.24. The van der Waals surface area contributed by atoms with Crippen LogP contribution >= 0.6 is 23.2 Å². The summed E-state index contributed by atoms with van der Waals surface area (Å²) in [6.07, 6.45) is 1.39. The van der Waals surface area contributed by atoms with Crippen LogP contribution in [0.5, 0.6) is 5.75 Å². The molecule has 8 heteroatoms. The lowest BCUT2D eigenvalue weighted by molar-refractivity contribution is 0.0951. The molecule has 3 rings (SSSR count). The molecule has 0 aromatic heterocycles. The Hall–Kier alpha value is -3.40. The van der Waals surface area contributed by atoms with Crippen LogP contribution in [0.25, 0.3) is 0 Å². The van der Waals surface area contributed by atoms with Gasteiger partial charge in [-0.15, -0.1) is 0 Å². The van der Waals surface area contributed by atoms with Gasteiger partial charge in [-0.3, -0.25) is 4.79 Å². The van der Waals surface area contributed by atoms with E-state index in [2.05, 4.69) is 10.5 Å². The van der Waals surface area contributed by atoms with Crippen LogP contribution in [0.3, 0.4) is 0 Å². The van der Waals surface area contributed by atoms with Gasteiger partial charge in [-0.05, 0) is 42.5 Å². The predicted octanol–water partition coefficient (Wildman–Crippen LogP) is 5.35. The van der Waals surface area contributed by atoms with Crippen LogP contribution in [0.1, 0.15) is 27.0 Å². The molecule has 1 amide bonds. The number of nitrogens with zero attached hydrogens (tertiary/aromatic N) is 2. The lowest BCUT2D eigenvalue weighted by Gasteiger charge is -2.10. The Labute approximate surface area is 182 Å². The maximum absolute atomic E-state index is 13.9. The van der Waals surface area contributed by atoms with E-state index in [0.29, 0.717) is 21.4 Å². The molecule has 5 nitrogen and oxygen atoms in total. The van der Waals surface area contributed by atoms with E-state index in [-0.39, 0.29) is 17.7 Å². The minimum absolute atomic E-state index is 0.124. The van der Waals surface area contributed by atoms with Gasteiger partial charge in [0.05, 0.1) is 23.4 Å². The molecule has 0 fully saturated rings. The van der Waals surface area contributed by atoms with E-state index in [1.54, 1.807) is 48.5 Å². The molecule has 150 valence electrons. The second kappa shape index (κ2) is 9.88. The van der Waals surface area contributed by atoms with Gasteiger partial charge in [0.25, 0.3) is 5.91 Å². The molecule has 0 atom stereocenters. The molecule has 0 aliphatic heterocycles. The first kappa shape index (κ1) is 21.3. The first-order valence-corrected chi connectivity index (χ1v) is 9.42. The number of hydrogen-bond donors (Lipinski definition) is 1. The number of amides is 1. The van der Waals surface area contributed by atoms with E-state index < -0.39 is 11.7 Å². The fraction of sp³-hybridized carbons (Fsp3) is 0.0455. The molecule has 0 heterocycles. The maximum atomic E-state index is 13.9. The zero-order valence-corrected chi connectivity index (χ0v) is 16.9. The van der Waals surface area contributed by atoms with Gasteiger partial charge in [-0.25, -0.2) is 9.82 Å². The van der Waals surface area contributed by atoms with Gasteiger partial charge in [-0.1, -0.05) is 41.4 Å². The lowest BCUT2D eigenvalue weighted by atomic mass is 10.1. The molecule has 3 aromatic rings. The smallest absolute Gasteiger partial charge is 0.274 e. The molecule has 0 aliphatic carbocycles. The number of halogens is 3. The van der Waals surface area contributed by atoms with Crippen LogP contribution in [-0.2, 0) is 6.61 Å². The summed E-state index contributed by atoms with van der Waals surface area (Å²) in [6, 6.07) is 17.6. The van der Waals surface area contributed by atoms with Crippen molar-refractivity contribution in [3.8, 4) is 11.8 Å². The number of benzene rings is 3. The summed E-state index contributed by atoms with van der Waals surface area (Å²) in [5.74, 6) is -1.02. The third-order valence-electron chi connectivity index (χ3n) is 4.03. The van der Waals surface area contributed by atoms with Crippen LogP contribution < -0.4 is 10.2 Å². The minimum Gasteiger partial charge on any atom is -0.488 e. The van der Waals surface area contributed by atoms with Crippen molar-refractivity contribution in [3.63, 3.8) is 0 Å². The number of rotatable bonds is 6. The number of hydrogen-bond acceptors (Lipinski definition) is 4. The van der Waals surface area contributed by atoms with Gasteiger partial charge in [0.2, 0.25) is 0 Å². The van der Waals surface area contributed by atoms with Gasteiger partial charge in [-0.2, -0.15) is 10.4 Å². The number of ether oxygens (including phenoxy) is 1. The zero-order chi connectivity index (χ0) is 21.5. The normalized spacial score (nSPS) is 10.6. The number of carbonyl (C=O) groups is 1.